The molecule has 2 atom stereocenters. The molecule has 1 aliphatic heterocycles. The van der Waals surface area contributed by atoms with Crippen molar-refractivity contribution in [2.45, 2.75) is 32.4 Å². The third kappa shape index (κ3) is 4.61. The molecule has 1 saturated heterocycles. The van der Waals surface area contributed by atoms with E-state index >= 15 is 0 Å². The summed E-state index contributed by atoms with van der Waals surface area (Å²) in [5.74, 6) is -0.782. The first-order valence-corrected chi connectivity index (χ1v) is 7.44. The minimum atomic E-state index is -4.80. The molecule has 1 aliphatic rings. The largest absolute Gasteiger partial charge is 0.573 e. The minimum absolute atomic E-state index is 0.120. The molecule has 8 heteroatoms. The standard InChI is InChI=1S/C14H15BrF3NO3/c1-8-6-19(7-9(2)21-8)13(20)10-3-11(15)5-12(4-10)22-14(16,17)18/h3-5,8-9H,6-7H2,1-2H3. The number of amides is 1. The molecular formula is C14H15BrF3NO3. The van der Waals surface area contributed by atoms with E-state index in [2.05, 4.69) is 20.7 Å². The summed E-state index contributed by atoms with van der Waals surface area (Å²) in [6.07, 6.45) is -5.04. The van der Waals surface area contributed by atoms with Gasteiger partial charge in [0.2, 0.25) is 0 Å². The second kappa shape index (κ2) is 6.45. The third-order valence-electron chi connectivity index (χ3n) is 3.06. The van der Waals surface area contributed by atoms with Crippen molar-refractivity contribution in [3.8, 4) is 5.75 Å². The normalized spacial score (nSPS) is 22.5. The molecule has 0 N–H and O–H groups in total. The van der Waals surface area contributed by atoms with Gasteiger partial charge in [-0.25, -0.2) is 0 Å². The Labute approximate surface area is 134 Å². The zero-order chi connectivity index (χ0) is 16.5. The summed E-state index contributed by atoms with van der Waals surface area (Å²) in [5.41, 5.74) is 0.134. The average Bonchev–Trinajstić information content (AvgIpc) is 2.33. The lowest BCUT2D eigenvalue weighted by molar-refractivity contribution is -0.274. The van der Waals surface area contributed by atoms with Crippen LogP contribution in [-0.2, 0) is 4.74 Å². The number of hydrogen-bond donors (Lipinski definition) is 0. The first-order chi connectivity index (χ1) is 10.1. The van der Waals surface area contributed by atoms with Gasteiger partial charge in [-0.3, -0.25) is 4.79 Å². The molecule has 122 valence electrons. The fourth-order valence-corrected chi connectivity index (χ4v) is 2.88. The van der Waals surface area contributed by atoms with Gasteiger partial charge < -0.3 is 14.4 Å². The van der Waals surface area contributed by atoms with Gasteiger partial charge in [-0.2, -0.15) is 0 Å². The van der Waals surface area contributed by atoms with Crippen LogP contribution in [-0.4, -0.2) is 42.5 Å². The summed E-state index contributed by atoms with van der Waals surface area (Å²) < 4.78 is 46.7. The van der Waals surface area contributed by atoms with Gasteiger partial charge in [-0.1, -0.05) is 15.9 Å². The smallest absolute Gasteiger partial charge is 0.406 e. The number of ether oxygens (including phenoxy) is 2. The van der Waals surface area contributed by atoms with E-state index in [0.29, 0.717) is 17.6 Å². The first-order valence-electron chi connectivity index (χ1n) is 6.65. The zero-order valence-electron chi connectivity index (χ0n) is 12.0. The van der Waals surface area contributed by atoms with E-state index in [1.165, 1.54) is 6.07 Å². The van der Waals surface area contributed by atoms with Gasteiger partial charge in [0.1, 0.15) is 5.75 Å². The van der Waals surface area contributed by atoms with Crippen LogP contribution in [0, 0.1) is 0 Å². The molecular weight excluding hydrogens is 367 g/mol. The Hall–Kier alpha value is -1.28. The van der Waals surface area contributed by atoms with E-state index in [1.54, 1.807) is 4.90 Å². The zero-order valence-corrected chi connectivity index (χ0v) is 13.6. The number of rotatable bonds is 2. The quantitative estimate of drug-likeness (QED) is 0.785. The lowest BCUT2D eigenvalue weighted by Gasteiger charge is -2.35. The molecule has 1 aromatic rings. The summed E-state index contributed by atoms with van der Waals surface area (Å²) >= 11 is 3.09. The molecule has 1 heterocycles. The highest BCUT2D eigenvalue weighted by molar-refractivity contribution is 9.10. The molecule has 2 unspecified atom stereocenters. The van der Waals surface area contributed by atoms with Crippen LogP contribution in [0.25, 0.3) is 0 Å². The maximum absolute atomic E-state index is 12.5. The van der Waals surface area contributed by atoms with Crippen LogP contribution < -0.4 is 4.74 Å². The predicted molar refractivity (Wildman–Crippen MR) is 76.7 cm³/mol. The Balaban J connectivity index is 2.22. The van der Waals surface area contributed by atoms with Crippen molar-refractivity contribution < 1.29 is 27.4 Å². The second-order valence-electron chi connectivity index (χ2n) is 5.19. The van der Waals surface area contributed by atoms with Crippen LogP contribution >= 0.6 is 15.9 Å². The second-order valence-corrected chi connectivity index (χ2v) is 6.11. The number of nitrogens with zero attached hydrogens (tertiary/aromatic N) is 1. The number of morpholine rings is 1. The molecule has 0 bridgehead atoms. The first kappa shape index (κ1) is 17.1. The number of alkyl halides is 3. The van der Waals surface area contributed by atoms with E-state index in [1.807, 2.05) is 13.8 Å². The van der Waals surface area contributed by atoms with Gasteiger partial charge >= 0.3 is 6.36 Å². The fourth-order valence-electron chi connectivity index (χ4n) is 2.41. The highest BCUT2D eigenvalue weighted by Gasteiger charge is 2.32. The average molecular weight is 382 g/mol. The lowest BCUT2D eigenvalue weighted by atomic mass is 10.1. The van der Waals surface area contributed by atoms with Gasteiger partial charge in [-0.15, -0.1) is 13.2 Å². The van der Waals surface area contributed by atoms with E-state index in [-0.39, 0.29) is 23.7 Å². The van der Waals surface area contributed by atoms with Crippen molar-refractivity contribution in [3.05, 3.63) is 28.2 Å². The van der Waals surface area contributed by atoms with E-state index in [0.717, 1.165) is 12.1 Å². The van der Waals surface area contributed by atoms with Crippen molar-refractivity contribution in [1.29, 1.82) is 0 Å². The summed E-state index contributed by atoms with van der Waals surface area (Å²) in [7, 11) is 0. The number of benzene rings is 1. The fraction of sp³-hybridized carbons (Fsp3) is 0.500. The highest BCUT2D eigenvalue weighted by Crippen LogP contribution is 2.28. The molecule has 0 aliphatic carbocycles. The Morgan fingerprint density at radius 3 is 2.41 bits per heavy atom. The van der Waals surface area contributed by atoms with Crippen LogP contribution in [0.15, 0.2) is 22.7 Å². The molecule has 0 radical (unpaired) electrons. The number of hydrogen-bond acceptors (Lipinski definition) is 3. The molecule has 0 aromatic heterocycles. The number of carbonyl (C=O) groups excluding carboxylic acids is 1. The Morgan fingerprint density at radius 1 is 1.27 bits per heavy atom. The van der Waals surface area contributed by atoms with Gasteiger partial charge in [0.25, 0.3) is 5.91 Å². The number of carbonyl (C=O) groups is 1. The Kier molecular flexibility index (Phi) is 5.01. The van der Waals surface area contributed by atoms with Crippen molar-refractivity contribution in [1.82, 2.24) is 4.90 Å². The van der Waals surface area contributed by atoms with Gasteiger partial charge in [0.05, 0.1) is 12.2 Å². The summed E-state index contributed by atoms with van der Waals surface area (Å²) in [6, 6.07) is 3.72. The molecule has 0 spiro atoms. The summed E-state index contributed by atoms with van der Waals surface area (Å²) in [5, 5.41) is 0. The lowest BCUT2D eigenvalue weighted by Crippen LogP contribution is -2.48. The van der Waals surface area contributed by atoms with Crippen molar-refractivity contribution in [3.63, 3.8) is 0 Å². The molecule has 1 fully saturated rings. The van der Waals surface area contributed by atoms with Gasteiger partial charge in [0, 0.05) is 23.1 Å². The molecule has 4 nitrogen and oxygen atoms in total. The molecule has 0 saturated carbocycles. The summed E-state index contributed by atoms with van der Waals surface area (Å²) in [4.78, 5) is 14.0. The van der Waals surface area contributed by atoms with Crippen molar-refractivity contribution in [2.24, 2.45) is 0 Å². The topological polar surface area (TPSA) is 38.8 Å². The van der Waals surface area contributed by atoms with Crippen LogP contribution in [0.3, 0.4) is 0 Å². The Morgan fingerprint density at radius 2 is 1.86 bits per heavy atom. The van der Waals surface area contributed by atoms with Crippen LogP contribution in [0.2, 0.25) is 0 Å². The third-order valence-corrected chi connectivity index (χ3v) is 3.52. The van der Waals surface area contributed by atoms with Crippen molar-refractivity contribution in [2.75, 3.05) is 13.1 Å². The van der Waals surface area contributed by atoms with Crippen LogP contribution in [0.5, 0.6) is 5.75 Å². The minimum Gasteiger partial charge on any atom is -0.406 e. The van der Waals surface area contributed by atoms with Crippen LogP contribution in [0.1, 0.15) is 24.2 Å². The molecule has 22 heavy (non-hydrogen) atoms. The monoisotopic (exact) mass is 381 g/mol. The maximum Gasteiger partial charge on any atom is 0.573 e. The number of halogens is 4. The molecule has 1 amide bonds. The summed E-state index contributed by atoms with van der Waals surface area (Å²) in [6.45, 7) is 4.47. The highest BCUT2D eigenvalue weighted by atomic mass is 79.9. The van der Waals surface area contributed by atoms with E-state index in [9.17, 15) is 18.0 Å². The van der Waals surface area contributed by atoms with Crippen LogP contribution in [0.4, 0.5) is 13.2 Å². The van der Waals surface area contributed by atoms with Gasteiger partial charge in [0.15, 0.2) is 0 Å². The SMILES string of the molecule is CC1CN(C(=O)c2cc(Br)cc(OC(F)(F)F)c2)CC(C)O1. The maximum atomic E-state index is 12.5. The van der Waals surface area contributed by atoms with Crippen molar-refractivity contribution >= 4 is 21.8 Å². The predicted octanol–water partition coefficient (Wildman–Crippen LogP) is 3.60. The van der Waals surface area contributed by atoms with E-state index < -0.39 is 12.1 Å². The Bertz CT molecular complexity index is 555. The van der Waals surface area contributed by atoms with E-state index in [4.69, 9.17) is 4.74 Å². The molecule has 1 aromatic carbocycles. The van der Waals surface area contributed by atoms with Gasteiger partial charge in [-0.05, 0) is 32.0 Å². The molecule has 2 rings (SSSR count).